The molecule has 118 valence electrons. The van der Waals surface area contributed by atoms with Crippen LogP contribution in [0.15, 0.2) is 12.3 Å². The van der Waals surface area contributed by atoms with Crippen LogP contribution in [0.25, 0.3) is 0 Å². The molecule has 1 heterocycles. The molecular formula is C16H29N3OSi. The molecule has 0 bridgehead atoms. The largest absolute Gasteiger partial charge is 0.414 e. The summed E-state index contributed by atoms with van der Waals surface area (Å²) in [6.07, 6.45) is 5.20. The summed E-state index contributed by atoms with van der Waals surface area (Å²) in [5.74, 6) is 1.04. The molecule has 0 saturated heterocycles. The normalized spacial score (nSPS) is 23.5. The van der Waals surface area contributed by atoms with E-state index in [1.807, 2.05) is 6.07 Å². The lowest BCUT2D eigenvalue weighted by Gasteiger charge is -2.38. The number of nitrogens with zero attached hydrogens (tertiary/aromatic N) is 1. The predicted octanol–water partition coefficient (Wildman–Crippen LogP) is 3.90. The minimum Gasteiger partial charge on any atom is -0.414 e. The van der Waals surface area contributed by atoms with Gasteiger partial charge in [0.2, 0.25) is 0 Å². The van der Waals surface area contributed by atoms with E-state index in [0.29, 0.717) is 23.5 Å². The molecule has 1 fully saturated rings. The highest BCUT2D eigenvalue weighted by Gasteiger charge is 2.41. The van der Waals surface area contributed by atoms with Gasteiger partial charge in [-0.05, 0) is 54.9 Å². The van der Waals surface area contributed by atoms with Crippen molar-refractivity contribution >= 4 is 19.8 Å². The highest BCUT2D eigenvalue weighted by atomic mass is 28.4. The van der Waals surface area contributed by atoms with Crippen molar-refractivity contribution in [3.63, 3.8) is 0 Å². The molecule has 0 spiro atoms. The molecule has 5 heteroatoms. The number of hydrogen-bond acceptors (Lipinski definition) is 4. The molecule has 1 aromatic heterocycles. The molecule has 0 unspecified atom stereocenters. The first-order valence-corrected chi connectivity index (χ1v) is 10.7. The Morgan fingerprint density at radius 3 is 2.52 bits per heavy atom. The van der Waals surface area contributed by atoms with Crippen LogP contribution in [0, 0.1) is 0 Å². The van der Waals surface area contributed by atoms with Crippen LogP contribution in [0.5, 0.6) is 0 Å². The van der Waals surface area contributed by atoms with Gasteiger partial charge in [0.1, 0.15) is 5.82 Å². The molecule has 21 heavy (non-hydrogen) atoms. The molecule has 0 aliphatic heterocycles. The molecule has 1 aliphatic carbocycles. The fourth-order valence-electron chi connectivity index (χ4n) is 2.76. The van der Waals surface area contributed by atoms with E-state index in [1.54, 1.807) is 6.20 Å². The number of hydrogen-bond donors (Lipinski definition) is 2. The Bertz CT molecular complexity index is 511. The van der Waals surface area contributed by atoms with Crippen molar-refractivity contribution in [1.29, 1.82) is 0 Å². The van der Waals surface area contributed by atoms with Crippen LogP contribution in [-0.2, 0) is 4.43 Å². The van der Waals surface area contributed by atoms with E-state index < -0.39 is 8.32 Å². The number of nitrogens with two attached hydrogens (primary N) is 2. The molecule has 0 amide bonds. The molecule has 4 nitrogen and oxygen atoms in total. The van der Waals surface area contributed by atoms with Crippen LogP contribution >= 0.6 is 0 Å². The van der Waals surface area contributed by atoms with E-state index >= 15 is 0 Å². The zero-order chi connectivity index (χ0) is 15.8. The van der Waals surface area contributed by atoms with Gasteiger partial charge < -0.3 is 15.9 Å². The van der Waals surface area contributed by atoms with Crippen molar-refractivity contribution in [2.75, 3.05) is 11.5 Å². The van der Waals surface area contributed by atoms with Gasteiger partial charge in [0.25, 0.3) is 0 Å². The summed E-state index contributed by atoms with van der Waals surface area (Å²) in [7, 11) is -1.70. The molecule has 4 N–H and O–H groups in total. The molecule has 2 rings (SSSR count). The lowest BCUT2D eigenvalue weighted by atomic mass is 9.98. The van der Waals surface area contributed by atoms with Crippen molar-refractivity contribution in [1.82, 2.24) is 4.98 Å². The summed E-state index contributed by atoms with van der Waals surface area (Å²) in [5, 5.41) is 0.253. The van der Waals surface area contributed by atoms with Crippen molar-refractivity contribution in [2.24, 2.45) is 0 Å². The Kier molecular flexibility index (Phi) is 4.35. The van der Waals surface area contributed by atoms with Gasteiger partial charge in [0, 0.05) is 6.10 Å². The number of nitrogen functional groups attached to an aromatic ring is 2. The second-order valence-electron chi connectivity index (χ2n) is 7.75. The second kappa shape index (κ2) is 5.61. The summed E-state index contributed by atoms with van der Waals surface area (Å²) in [6, 6.07) is 1.97. The summed E-state index contributed by atoms with van der Waals surface area (Å²) in [6.45, 7) is 11.5. The third kappa shape index (κ3) is 3.58. The Morgan fingerprint density at radius 1 is 1.24 bits per heavy atom. The van der Waals surface area contributed by atoms with Gasteiger partial charge in [0.05, 0.1) is 11.9 Å². The molecule has 1 saturated carbocycles. The zero-order valence-electron chi connectivity index (χ0n) is 13.9. The van der Waals surface area contributed by atoms with Crippen LogP contribution in [0.3, 0.4) is 0 Å². The lowest BCUT2D eigenvalue weighted by molar-refractivity contribution is 0.186. The van der Waals surface area contributed by atoms with E-state index in [9.17, 15) is 0 Å². The molecule has 0 radical (unpaired) electrons. The highest BCUT2D eigenvalue weighted by molar-refractivity contribution is 6.74. The van der Waals surface area contributed by atoms with E-state index in [1.165, 1.54) is 0 Å². The van der Waals surface area contributed by atoms with Crippen LogP contribution in [0.1, 0.15) is 51.5 Å². The first-order valence-electron chi connectivity index (χ1n) is 7.79. The maximum Gasteiger partial charge on any atom is 0.192 e. The van der Waals surface area contributed by atoms with Gasteiger partial charge in [-0.25, -0.2) is 4.98 Å². The smallest absolute Gasteiger partial charge is 0.192 e. The van der Waals surface area contributed by atoms with Crippen molar-refractivity contribution < 1.29 is 4.43 Å². The Labute approximate surface area is 129 Å². The molecule has 1 aliphatic rings. The topological polar surface area (TPSA) is 74.2 Å². The van der Waals surface area contributed by atoms with Crippen LogP contribution in [0.4, 0.5) is 11.5 Å². The maximum atomic E-state index is 6.53. The zero-order valence-corrected chi connectivity index (χ0v) is 14.9. The van der Waals surface area contributed by atoms with E-state index in [-0.39, 0.29) is 5.04 Å². The Balaban J connectivity index is 2.06. The average molecular weight is 308 g/mol. The van der Waals surface area contributed by atoms with E-state index in [2.05, 4.69) is 38.8 Å². The fraction of sp³-hybridized carbons (Fsp3) is 0.688. The van der Waals surface area contributed by atoms with Gasteiger partial charge >= 0.3 is 0 Å². The molecule has 1 aromatic rings. The summed E-state index contributed by atoms with van der Waals surface area (Å²) in [4.78, 5) is 4.18. The fourth-order valence-corrected chi connectivity index (χ4v) is 4.16. The SMILES string of the molecule is CC(C)(C)[Si](C)(C)O[C@H]1CC[C@@H](c2cc(N)cnc2N)C1. The van der Waals surface area contributed by atoms with Crippen LogP contribution in [0.2, 0.25) is 18.1 Å². The van der Waals surface area contributed by atoms with E-state index in [0.717, 1.165) is 24.8 Å². The minimum absolute atomic E-state index is 0.253. The second-order valence-corrected chi connectivity index (χ2v) is 12.5. The Morgan fingerprint density at radius 2 is 1.90 bits per heavy atom. The standard InChI is InChI=1S/C16H29N3OSi/c1-16(2,3)21(4,5)20-13-7-6-11(8-13)14-9-12(17)10-19-15(14)18/h9-11,13H,6-8,17H2,1-5H3,(H2,18,19)/t11-,13+/m1/s1. The van der Waals surface area contributed by atoms with Crippen LogP contribution in [-0.4, -0.2) is 19.4 Å². The minimum atomic E-state index is -1.70. The average Bonchev–Trinajstić information content (AvgIpc) is 2.78. The lowest BCUT2D eigenvalue weighted by Crippen LogP contribution is -2.43. The van der Waals surface area contributed by atoms with Crippen molar-refractivity contribution in [2.45, 2.75) is 70.2 Å². The summed E-state index contributed by atoms with van der Waals surface area (Å²) < 4.78 is 6.53. The molecule has 2 atom stereocenters. The highest BCUT2D eigenvalue weighted by Crippen LogP contribution is 2.43. The monoisotopic (exact) mass is 307 g/mol. The first kappa shape index (κ1) is 16.3. The number of anilines is 2. The van der Waals surface area contributed by atoms with Gasteiger partial charge in [-0.1, -0.05) is 20.8 Å². The number of aromatic nitrogens is 1. The van der Waals surface area contributed by atoms with Gasteiger partial charge in [-0.2, -0.15) is 0 Å². The quantitative estimate of drug-likeness (QED) is 0.830. The number of pyridine rings is 1. The third-order valence-corrected chi connectivity index (χ3v) is 9.60. The predicted molar refractivity (Wildman–Crippen MR) is 91.7 cm³/mol. The van der Waals surface area contributed by atoms with Gasteiger partial charge in [-0.3, -0.25) is 0 Å². The van der Waals surface area contributed by atoms with Crippen molar-refractivity contribution in [3.05, 3.63) is 17.8 Å². The van der Waals surface area contributed by atoms with Crippen molar-refractivity contribution in [3.8, 4) is 0 Å². The van der Waals surface area contributed by atoms with E-state index in [4.69, 9.17) is 15.9 Å². The summed E-state index contributed by atoms with van der Waals surface area (Å²) in [5.41, 5.74) is 13.6. The maximum absolute atomic E-state index is 6.53. The third-order valence-electron chi connectivity index (χ3n) is 5.06. The summed E-state index contributed by atoms with van der Waals surface area (Å²) >= 11 is 0. The number of rotatable bonds is 3. The van der Waals surface area contributed by atoms with Gasteiger partial charge in [0.15, 0.2) is 8.32 Å². The van der Waals surface area contributed by atoms with Gasteiger partial charge in [-0.15, -0.1) is 0 Å². The first-order chi connectivity index (χ1) is 9.60. The van der Waals surface area contributed by atoms with Crippen LogP contribution < -0.4 is 11.5 Å². The Hall–Kier alpha value is -1.07. The molecule has 0 aromatic carbocycles. The molecular weight excluding hydrogens is 278 g/mol.